The van der Waals surface area contributed by atoms with Crippen molar-refractivity contribution in [3.8, 4) is 22.6 Å². The van der Waals surface area contributed by atoms with E-state index in [-0.39, 0.29) is 40.6 Å². The van der Waals surface area contributed by atoms with Crippen LogP contribution >= 0.6 is 0 Å². The van der Waals surface area contributed by atoms with E-state index in [0.717, 1.165) is 18.2 Å². The second kappa shape index (κ2) is 13.5. The fraction of sp³-hybridized carbons (Fsp3) is 0.132. The Hall–Kier alpha value is -6.34. The van der Waals surface area contributed by atoms with E-state index >= 15 is 0 Å². The number of amides is 2. The van der Waals surface area contributed by atoms with Crippen LogP contribution in [0.3, 0.4) is 0 Å². The smallest absolute Gasteiger partial charge is 0.274 e. The van der Waals surface area contributed by atoms with Crippen LogP contribution in [0, 0.1) is 17.5 Å². The number of aliphatic hydroxyl groups is 1. The lowest BCUT2D eigenvalue weighted by Crippen LogP contribution is -2.23. The fourth-order valence-electron chi connectivity index (χ4n) is 5.45. The second-order valence-electron chi connectivity index (χ2n) is 12.4. The van der Waals surface area contributed by atoms with Gasteiger partial charge in [0, 0.05) is 47.9 Å². The number of carbonyl (C=O) groups is 2. The molecule has 51 heavy (non-hydrogen) atoms. The Labute approximate surface area is 289 Å². The van der Waals surface area contributed by atoms with Gasteiger partial charge in [0.1, 0.15) is 28.6 Å². The minimum absolute atomic E-state index is 0.0770. The van der Waals surface area contributed by atoms with Gasteiger partial charge in [-0.1, -0.05) is 18.2 Å². The van der Waals surface area contributed by atoms with Gasteiger partial charge in [-0.15, -0.1) is 0 Å². The number of ether oxygens (including phenoxy) is 1. The highest BCUT2D eigenvalue weighted by atomic mass is 19.1. The number of pyridine rings is 1. The van der Waals surface area contributed by atoms with Gasteiger partial charge in [-0.25, -0.2) is 13.2 Å². The van der Waals surface area contributed by atoms with Crippen LogP contribution in [0.4, 0.5) is 24.5 Å². The van der Waals surface area contributed by atoms with Gasteiger partial charge in [0.15, 0.2) is 11.6 Å². The Kier molecular flexibility index (Phi) is 9.15. The number of fused-ring (bicyclic) bond motifs is 1. The summed E-state index contributed by atoms with van der Waals surface area (Å²) >= 11 is 0. The van der Waals surface area contributed by atoms with Crippen LogP contribution in [-0.4, -0.2) is 26.5 Å². The predicted octanol–water partition coefficient (Wildman–Crippen LogP) is 6.74. The quantitative estimate of drug-likeness (QED) is 0.106. The molecule has 0 aliphatic carbocycles. The molecule has 13 heteroatoms. The maximum absolute atomic E-state index is 14.6. The van der Waals surface area contributed by atoms with E-state index < -0.39 is 40.4 Å². The Morgan fingerprint density at radius 1 is 0.882 bits per heavy atom. The number of anilines is 2. The second-order valence-corrected chi connectivity index (χ2v) is 12.4. The van der Waals surface area contributed by atoms with Crippen molar-refractivity contribution in [3.05, 3.63) is 141 Å². The largest absolute Gasteiger partial charge is 0.454 e. The van der Waals surface area contributed by atoms with Crippen molar-refractivity contribution in [2.24, 2.45) is 7.05 Å². The van der Waals surface area contributed by atoms with Gasteiger partial charge in [0.2, 0.25) is 0 Å². The van der Waals surface area contributed by atoms with E-state index in [4.69, 9.17) is 10.5 Å². The number of aryl methyl sites for hydroxylation is 1. The highest BCUT2D eigenvalue weighted by Gasteiger charge is 2.23. The SMILES string of the molecule is Cn1cc(-c2cc(C(C)(C)O)ccc2Oc2ccc(F)cc2F)c2cc(C(=O)NCc3ccc(C(=O)Nc4ccc(F)cc4N)cc3)[nH]c2c1=O. The minimum atomic E-state index is -1.28. The molecule has 2 amide bonds. The van der Waals surface area contributed by atoms with Gasteiger partial charge in [-0.3, -0.25) is 14.4 Å². The van der Waals surface area contributed by atoms with Crippen molar-refractivity contribution in [1.29, 1.82) is 0 Å². The monoisotopic (exact) mass is 695 g/mol. The Morgan fingerprint density at radius 3 is 2.25 bits per heavy atom. The molecule has 0 aliphatic rings. The number of rotatable bonds is 9. The molecule has 4 aromatic carbocycles. The molecular weight excluding hydrogens is 663 g/mol. The van der Waals surface area contributed by atoms with Crippen LogP contribution < -0.4 is 26.7 Å². The summed E-state index contributed by atoms with van der Waals surface area (Å²) in [5.41, 5.74) is 6.90. The number of nitrogens with two attached hydrogens (primary N) is 1. The molecule has 6 N–H and O–H groups in total. The number of benzene rings is 4. The number of H-pyrrole nitrogens is 1. The van der Waals surface area contributed by atoms with Crippen LogP contribution in [0.15, 0.2) is 95.9 Å². The Balaban J connectivity index is 1.27. The Morgan fingerprint density at radius 2 is 1.57 bits per heavy atom. The zero-order chi connectivity index (χ0) is 36.6. The lowest BCUT2D eigenvalue weighted by Gasteiger charge is -2.21. The molecule has 0 saturated carbocycles. The Bertz CT molecular complexity index is 2380. The maximum atomic E-state index is 14.6. The maximum Gasteiger partial charge on any atom is 0.274 e. The lowest BCUT2D eigenvalue weighted by molar-refractivity contribution is 0.0785. The first-order valence-corrected chi connectivity index (χ1v) is 15.6. The molecule has 260 valence electrons. The van der Waals surface area contributed by atoms with E-state index in [1.165, 1.54) is 35.9 Å². The van der Waals surface area contributed by atoms with Gasteiger partial charge < -0.3 is 35.8 Å². The van der Waals surface area contributed by atoms with Crippen molar-refractivity contribution < 1.29 is 32.6 Å². The highest BCUT2D eigenvalue weighted by Crippen LogP contribution is 2.40. The van der Waals surface area contributed by atoms with Crippen LogP contribution in [0.25, 0.3) is 22.0 Å². The van der Waals surface area contributed by atoms with Gasteiger partial charge in [0.25, 0.3) is 17.4 Å². The summed E-state index contributed by atoms with van der Waals surface area (Å²) in [6, 6.07) is 19.3. The molecule has 0 aliphatic heterocycles. The number of aromatic nitrogens is 2. The predicted molar refractivity (Wildman–Crippen MR) is 187 cm³/mol. The lowest BCUT2D eigenvalue weighted by atomic mass is 9.93. The standard InChI is InChI=1S/C38H32F3N5O5/c1-38(2,50)22-8-12-32(51-33-13-10-23(39)15-28(33)41)25(14-22)27-19-46(3)37(49)34-26(27)17-31(44-34)36(48)43-18-20-4-6-21(7-5-20)35(47)45-30-11-9-24(40)16-29(30)42/h4-17,19,44,50H,18,42H2,1-3H3,(H,43,48)(H,45,47). The van der Waals surface area contributed by atoms with Crippen LogP contribution in [-0.2, 0) is 19.2 Å². The molecule has 6 aromatic rings. The summed E-state index contributed by atoms with van der Waals surface area (Å²) in [6.07, 6.45) is 1.54. The molecule has 2 aromatic heterocycles. The summed E-state index contributed by atoms with van der Waals surface area (Å²) in [5, 5.41) is 16.6. The first-order valence-electron chi connectivity index (χ1n) is 15.6. The number of nitrogens with zero attached hydrogens (tertiary/aromatic N) is 1. The molecule has 10 nitrogen and oxygen atoms in total. The average Bonchev–Trinajstić information content (AvgIpc) is 3.54. The molecule has 0 fully saturated rings. The van der Waals surface area contributed by atoms with Crippen molar-refractivity contribution in [2.45, 2.75) is 26.0 Å². The third-order valence-corrected chi connectivity index (χ3v) is 8.23. The molecule has 0 radical (unpaired) electrons. The fourth-order valence-corrected chi connectivity index (χ4v) is 5.45. The van der Waals surface area contributed by atoms with Gasteiger partial charge in [0.05, 0.1) is 17.0 Å². The van der Waals surface area contributed by atoms with Gasteiger partial charge >= 0.3 is 0 Å². The number of nitrogen functional groups attached to an aromatic ring is 1. The molecule has 0 saturated heterocycles. The highest BCUT2D eigenvalue weighted by molar-refractivity contribution is 6.06. The van der Waals surface area contributed by atoms with E-state index in [9.17, 15) is 32.7 Å². The van der Waals surface area contributed by atoms with E-state index in [1.807, 2.05) is 0 Å². The molecular formula is C38H32F3N5O5. The van der Waals surface area contributed by atoms with Crippen LogP contribution in [0.1, 0.15) is 45.8 Å². The summed E-state index contributed by atoms with van der Waals surface area (Å²) in [4.78, 5) is 42.2. The first kappa shape index (κ1) is 34.5. The van der Waals surface area contributed by atoms with Crippen molar-refractivity contribution >= 4 is 34.1 Å². The zero-order valence-electron chi connectivity index (χ0n) is 27.6. The number of halogens is 3. The molecule has 2 heterocycles. The number of aromatic amines is 1. The topological polar surface area (TPSA) is 151 Å². The first-order chi connectivity index (χ1) is 24.2. The van der Waals surface area contributed by atoms with Crippen molar-refractivity contribution in [1.82, 2.24) is 14.9 Å². The van der Waals surface area contributed by atoms with E-state index in [1.54, 1.807) is 56.4 Å². The van der Waals surface area contributed by atoms with Crippen molar-refractivity contribution in [3.63, 3.8) is 0 Å². The number of hydrogen-bond acceptors (Lipinski definition) is 6. The van der Waals surface area contributed by atoms with E-state index in [2.05, 4.69) is 15.6 Å². The third kappa shape index (κ3) is 7.33. The number of hydrogen-bond donors (Lipinski definition) is 5. The van der Waals surface area contributed by atoms with Crippen LogP contribution in [0.2, 0.25) is 0 Å². The minimum Gasteiger partial charge on any atom is -0.454 e. The summed E-state index contributed by atoms with van der Waals surface area (Å²) in [5.74, 6) is -3.29. The number of carbonyl (C=O) groups excluding carboxylic acids is 2. The molecule has 0 unspecified atom stereocenters. The van der Waals surface area contributed by atoms with Gasteiger partial charge in [-0.05, 0) is 85.6 Å². The summed E-state index contributed by atoms with van der Waals surface area (Å²) in [7, 11) is 1.53. The zero-order valence-corrected chi connectivity index (χ0v) is 27.6. The number of nitrogens with one attached hydrogen (secondary N) is 3. The molecule has 0 atom stereocenters. The molecule has 0 bridgehead atoms. The molecule has 0 spiro atoms. The van der Waals surface area contributed by atoms with Gasteiger partial charge in [-0.2, -0.15) is 0 Å². The average molecular weight is 696 g/mol. The van der Waals surface area contributed by atoms with E-state index in [0.29, 0.717) is 39.3 Å². The molecule has 6 rings (SSSR count). The summed E-state index contributed by atoms with van der Waals surface area (Å²) in [6.45, 7) is 3.27. The third-order valence-electron chi connectivity index (χ3n) is 8.23. The normalized spacial score (nSPS) is 11.4. The summed E-state index contributed by atoms with van der Waals surface area (Å²) < 4.78 is 48.8. The van der Waals surface area contributed by atoms with Crippen molar-refractivity contribution in [2.75, 3.05) is 11.1 Å². The van der Waals surface area contributed by atoms with Crippen LogP contribution in [0.5, 0.6) is 11.5 Å².